The summed E-state index contributed by atoms with van der Waals surface area (Å²) in [6, 6.07) is 10.3. The average Bonchev–Trinajstić information content (AvgIpc) is 2.81. The highest BCUT2D eigenvalue weighted by Gasteiger charge is 2.23. The lowest BCUT2D eigenvalue weighted by Crippen LogP contribution is -2.24. The first-order valence-corrected chi connectivity index (χ1v) is 7.02. The van der Waals surface area contributed by atoms with Gasteiger partial charge < -0.3 is 9.88 Å². The van der Waals surface area contributed by atoms with Crippen LogP contribution < -0.4 is 10.9 Å². The van der Waals surface area contributed by atoms with Gasteiger partial charge in [-0.25, -0.2) is 0 Å². The quantitative estimate of drug-likeness (QED) is 0.895. The van der Waals surface area contributed by atoms with Gasteiger partial charge in [0.15, 0.2) is 0 Å². The molecule has 1 aromatic heterocycles. The van der Waals surface area contributed by atoms with Gasteiger partial charge in [-0.2, -0.15) is 0 Å². The van der Waals surface area contributed by atoms with E-state index in [-0.39, 0.29) is 5.56 Å². The normalized spacial score (nSPS) is 22.8. The van der Waals surface area contributed by atoms with E-state index in [1.807, 2.05) is 25.2 Å². The van der Waals surface area contributed by atoms with Crippen molar-refractivity contribution in [1.82, 2.24) is 4.57 Å². The molecule has 3 rings (SSSR count). The van der Waals surface area contributed by atoms with Gasteiger partial charge >= 0.3 is 0 Å². The minimum Gasteiger partial charge on any atom is -0.381 e. The third kappa shape index (κ3) is 2.14. The van der Waals surface area contributed by atoms with Gasteiger partial charge in [-0.1, -0.05) is 31.5 Å². The second-order valence-corrected chi connectivity index (χ2v) is 5.63. The average molecular weight is 256 g/mol. The number of nitrogens with zero attached hydrogens (tertiary/aromatic N) is 1. The molecular weight excluding hydrogens is 236 g/mol. The summed E-state index contributed by atoms with van der Waals surface area (Å²) in [5, 5.41) is 4.72. The van der Waals surface area contributed by atoms with Crippen molar-refractivity contribution in [2.45, 2.75) is 32.2 Å². The molecule has 0 amide bonds. The van der Waals surface area contributed by atoms with E-state index in [0.29, 0.717) is 12.0 Å². The highest BCUT2D eigenvalue weighted by atomic mass is 16.1. The number of anilines is 1. The Kier molecular flexibility index (Phi) is 3.05. The number of hydrogen-bond donors (Lipinski definition) is 1. The molecule has 1 heterocycles. The van der Waals surface area contributed by atoms with E-state index in [2.05, 4.69) is 18.3 Å². The van der Waals surface area contributed by atoms with Crippen molar-refractivity contribution < 1.29 is 0 Å². The number of pyridine rings is 1. The predicted molar refractivity (Wildman–Crippen MR) is 79.6 cm³/mol. The van der Waals surface area contributed by atoms with Crippen molar-refractivity contribution >= 4 is 16.6 Å². The number of nitrogens with one attached hydrogen (secondary N) is 1. The standard InChI is InChI=1S/C16H20N2O/c1-11-6-5-8-13(11)17-14-10-16(19)18(2)15-9-4-3-7-12(14)15/h3-4,7,9-11,13,17H,5-6,8H2,1-2H3. The number of aromatic nitrogens is 1. The van der Waals surface area contributed by atoms with Crippen LogP contribution in [0.4, 0.5) is 5.69 Å². The van der Waals surface area contributed by atoms with Gasteiger partial charge in [0.25, 0.3) is 5.56 Å². The Hall–Kier alpha value is -1.77. The summed E-state index contributed by atoms with van der Waals surface area (Å²) in [5.74, 6) is 0.683. The summed E-state index contributed by atoms with van der Waals surface area (Å²) in [4.78, 5) is 12.0. The molecule has 1 fully saturated rings. The zero-order valence-electron chi connectivity index (χ0n) is 11.5. The molecule has 2 atom stereocenters. The van der Waals surface area contributed by atoms with E-state index in [9.17, 15) is 4.79 Å². The number of fused-ring (bicyclic) bond motifs is 1. The topological polar surface area (TPSA) is 34.0 Å². The highest BCUT2D eigenvalue weighted by molar-refractivity contribution is 5.91. The van der Waals surface area contributed by atoms with Crippen LogP contribution in [0.5, 0.6) is 0 Å². The first-order valence-electron chi connectivity index (χ1n) is 7.02. The van der Waals surface area contributed by atoms with Crippen molar-refractivity contribution in [1.29, 1.82) is 0 Å². The zero-order valence-corrected chi connectivity index (χ0v) is 11.5. The van der Waals surface area contributed by atoms with Crippen LogP contribution in [0.15, 0.2) is 35.1 Å². The number of rotatable bonds is 2. The SMILES string of the molecule is CC1CCCC1Nc1cc(=O)n(C)c2ccccc12. The van der Waals surface area contributed by atoms with E-state index in [1.165, 1.54) is 19.3 Å². The van der Waals surface area contributed by atoms with Gasteiger partial charge in [-0.15, -0.1) is 0 Å². The fourth-order valence-corrected chi connectivity index (χ4v) is 3.09. The smallest absolute Gasteiger partial charge is 0.252 e. The van der Waals surface area contributed by atoms with E-state index in [0.717, 1.165) is 16.6 Å². The molecule has 0 spiro atoms. The Balaban J connectivity index is 2.08. The predicted octanol–water partition coefficient (Wildman–Crippen LogP) is 3.14. The van der Waals surface area contributed by atoms with Crippen LogP contribution in [-0.4, -0.2) is 10.6 Å². The van der Waals surface area contributed by atoms with Crippen molar-refractivity contribution in [2.75, 3.05) is 5.32 Å². The van der Waals surface area contributed by atoms with Gasteiger partial charge in [0, 0.05) is 30.2 Å². The minimum atomic E-state index is 0.0480. The van der Waals surface area contributed by atoms with Gasteiger partial charge in [0.1, 0.15) is 0 Å². The Morgan fingerprint density at radius 3 is 2.79 bits per heavy atom. The Morgan fingerprint density at radius 2 is 2.05 bits per heavy atom. The number of hydrogen-bond acceptors (Lipinski definition) is 2. The fourth-order valence-electron chi connectivity index (χ4n) is 3.09. The van der Waals surface area contributed by atoms with Crippen molar-refractivity contribution in [2.24, 2.45) is 13.0 Å². The molecule has 1 saturated carbocycles. The van der Waals surface area contributed by atoms with Crippen LogP contribution in [-0.2, 0) is 7.05 Å². The molecule has 2 aromatic rings. The maximum Gasteiger partial charge on any atom is 0.252 e. The van der Waals surface area contributed by atoms with E-state index in [1.54, 1.807) is 10.6 Å². The van der Waals surface area contributed by atoms with Crippen molar-refractivity contribution in [3.05, 3.63) is 40.7 Å². The lowest BCUT2D eigenvalue weighted by molar-refractivity contribution is 0.556. The minimum absolute atomic E-state index is 0.0480. The van der Waals surface area contributed by atoms with Crippen molar-refractivity contribution in [3.63, 3.8) is 0 Å². The molecule has 100 valence electrons. The molecule has 19 heavy (non-hydrogen) atoms. The summed E-state index contributed by atoms with van der Waals surface area (Å²) < 4.78 is 1.71. The molecule has 0 saturated heterocycles. The van der Waals surface area contributed by atoms with Gasteiger partial charge in [0.2, 0.25) is 0 Å². The molecule has 0 radical (unpaired) electrons. The molecular formula is C16H20N2O. The first-order chi connectivity index (χ1) is 9.16. The molecule has 1 aliphatic rings. The largest absolute Gasteiger partial charge is 0.381 e. The Morgan fingerprint density at radius 1 is 1.26 bits per heavy atom. The number of para-hydroxylation sites is 1. The molecule has 0 bridgehead atoms. The van der Waals surface area contributed by atoms with Gasteiger partial charge in [-0.3, -0.25) is 4.79 Å². The summed E-state index contributed by atoms with van der Waals surface area (Å²) in [6.07, 6.45) is 3.76. The first kappa shape index (κ1) is 12.3. The van der Waals surface area contributed by atoms with E-state index < -0.39 is 0 Å². The highest BCUT2D eigenvalue weighted by Crippen LogP contribution is 2.30. The molecule has 1 aromatic carbocycles. The molecule has 0 aliphatic heterocycles. The summed E-state index contributed by atoms with van der Waals surface area (Å²) in [5.41, 5.74) is 2.02. The maximum absolute atomic E-state index is 12.0. The third-order valence-electron chi connectivity index (χ3n) is 4.36. The van der Waals surface area contributed by atoms with Gasteiger partial charge in [-0.05, 0) is 24.8 Å². The van der Waals surface area contributed by atoms with Crippen LogP contribution in [0.25, 0.3) is 10.9 Å². The van der Waals surface area contributed by atoms with Crippen molar-refractivity contribution in [3.8, 4) is 0 Å². The van der Waals surface area contributed by atoms with Crippen LogP contribution in [0, 0.1) is 5.92 Å². The van der Waals surface area contributed by atoms with Crippen LogP contribution in [0.1, 0.15) is 26.2 Å². The molecule has 3 nitrogen and oxygen atoms in total. The van der Waals surface area contributed by atoms with Crippen LogP contribution >= 0.6 is 0 Å². The number of aryl methyl sites for hydroxylation is 1. The number of benzene rings is 1. The van der Waals surface area contributed by atoms with Gasteiger partial charge in [0.05, 0.1) is 5.52 Å². The lowest BCUT2D eigenvalue weighted by atomic mass is 10.1. The molecule has 1 aliphatic carbocycles. The summed E-state index contributed by atoms with van der Waals surface area (Å²) >= 11 is 0. The molecule has 3 heteroatoms. The summed E-state index contributed by atoms with van der Waals surface area (Å²) in [7, 11) is 1.83. The zero-order chi connectivity index (χ0) is 13.4. The Bertz CT molecular complexity index is 659. The fraction of sp³-hybridized carbons (Fsp3) is 0.438. The van der Waals surface area contributed by atoms with Crippen LogP contribution in [0.2, 0.25) is 0 Å². The van der Waals surface area contributed by atoms with E-state index >= 15 is 0 Å². The molecule has 2 unspecified atom stereocenters. The summed E-state index contributed by atoms with van der Waals surface area (Å²) in [6.45, 7) is 2.29. The monoisotopic (exact) mass is 256 g/mol. The molecule has 1 N–H and O–H groups in total. The van der Waals surface area contributed by atoms with Crippen LogP contribution in [0.3, 0.4) is 0 Å². The van der Waals surface area contributed by atoms with E-state index in [4.69, 9.17) is 0 Å². The Labute approximate surface area is 113 Å². The third-order valence-corrected chi connectivity index (χ3v) is 4.36. The second kappa shape index (κ2) is 4.72. The maximum atomic E-state index is 12.0. The second-order valence-electron chi connectivity index (χ2n) is 5.63. The lowest BCUT2D eigenvalue weighted by Gasteiger charge is -2.20.